The molecule has 0 spiro atoms. The first-order valence-corrected chi connectivity index (χ1v) is 19.0. The zero-order valence-corrected chi connectivity index (χ0v) is 30.4. The highest BCUT2D eigenvalue weighted by Gasteiger charge is 2.20. The molecule has 0 saturated carbocycles. The summed E-state index contributed by atoms with van der Waals surface area (Å²) in [4.78, 5) is 14.8. The van der Waals surface area contributed by atoms with Gasteiger partial charge in [-0.25, -0.2) is 15.0 Å². The summed E-state index contributed by atoms with van der Waals surface area (Å²) in [5, 5.41) is 6.68. The van der Waals surface area contributed by atoms with E-state index < -0.39 is 0 Å². The fraction of sp³-hybridized carbons (Fsp3) is 0. The van der Waals surface area contributed by atoms with Gasteiger partial charge in [-0.2, -0.15) is 0 Å². The first kappa shape index (κ1) is 31.5. The van der Waals surface area contributed by atoms with Crippen LogP contribution in [0.25, 0.3) is 117 Å². The Morgan fingerprint density at radius 2 is 0.895 bits per heavy atom. The minimum atomic E-state index is 0.584. The Kier molecular flexibility index (Phi) is 6.83. The maximum Gasteiger partial charge on any atom is 0.164 e. The van der Waals surface area contributed by atoms with Crippen molar-refractivity contribution in [1.29, 1.82) is 0 Å². The maximum atomic E-state index is 6.75. The second-order valence-electron chi connectivity index (χ2n) is 14.4. The van der Waals surface area contributed by atoms with Crippen molar-refractivity contribution in [3.05, 3.63) is 182 Å². The molecule has 0 aliphatic heterocycles. The summed E-state index contributed by atoms with van der Waals surface area (Å²) in [6.45, 7) is 0. The third-order valence-electron chi connectivity index (χ3n) is 11.1. The van der Waals surface area contributed by atoms with E-state index in [4.69, 9.17) is 23.8 Å². The largest absolute Gasteiger partial charge is 0.456 e. The van der Waals surface area contributed by atoms with Crippen LogP contribution in [0.15, 0.2) is 191 Å². The fourth-order valence-corrected chi connectivity index (χ4v) is 8.45. The van der Waals surface area contributed by atoms with Gasteiger partial charge in [-0.1, -0.05) is 133 Å². The number of benzene rings is 8. The fourth-order valence-electron chi connectivity index (χ4n) is 8.45. The average Bonchev–Trinajstić information content (AvgIpc) is 3.96. The van der Waals surface area contributed by atoms with Gasteiger partial charge in [0.2, 0.25) is 0 Å². The molecule has 266 valence electrons. The number of nitrogens with zero attached hydrogens (tertiary/aromatic N) is 4. The molecule has 6 nitrogen and oxygen atoms in total. The lowest BCUT2D eigenvalue weighted by Crippen LogP contribution is -2.00. The van der Waals surface area contributed by atoms with E-state index in [1.54, 1.807) is 0 Å². The van der Waals surface area contributed by atoms with Crippen LogP contribution in [-0.4, -0.2) is 19.5 Å². The molecule has 0 bridgehead atoms. The van der Waals surface area contributed by atoms with Gasteiger partial charge in [0.1, 0.15) is 22.3 Å². The molecule has 0 atom stereocenters. The van der Waals surface area contributed by atoms with Gasteiger partial charge in [-0.05, 0) is 54.1 Å². The van der Waals surface area contributed by atoms with Gasteiger partial charge in [0, 0.05) is 49.2 Å². The van der Waals surface area contributed by atoms with Crippen molar-refractivity contribution in [2.45, 2.75) is 0 Å². The van der Waals surface area contributed by atoms with E-state index in [1.807, 2.05) is 66.7 Å². The van der Waals surface area contributed by atoms with E-state index in [0.29, 0.717) is 17.5 Å². The quantitative estimate of drug-likeness (QED) is 0.176. The van der Waals surface area contributed by atoms with Gasteiger partial charge in [-0.15, -0.1) is 0 Å². The number of para-hydroxylation sites is 3. The molecule has 4 heterocycles. The standard InChI is InChI=1S/C51H30N4O2/c1-3-13-31(14-4-1)49-52-50(32-15-5-2-6-16-32)54-51(53-49)34-26-27-38-39-20-11-19-35(48(39)57-45(38)30-34)33-25-28-40-46(29-33)56-44-24-12-23-43(47(40)44)55-41-21-9-7-17-36(41)37-18-8-10-22-42(37)55/h1-30H. The first-order chi connectivity index (χ1) is 28.2. The van der Waals surface area contributed by atoms with Gasteiger partial charge < -0.3 is 13.4 Å². The van der Waals surface area contributed by atoms with Crippen molar-refractivity contribution in [2.24, 2.45) is 0 Å². The monoisotopic (exact) mass is 730 g/mol. The Morgan fingerprint density at radius 1 is 0.351 bits per heavy atom. The number of furan rings is 2. The molecule has 0 aliphatic carbocycles. The van der Waals surface area contributed by atoms with Crippen LogP contribution in [0.5, 0.6) is 0 Å². The molecule has 0 N–H and O–H groups in total. The molecular weight excluding hydrogens is 701 g/mol. The van der Waals surface area contributed by atoms with Gasteiger partial charge in [0.05, 0.1) is 22.1 Å². The van der Waals surface area contributed by atoms with E-state index in [2.05, 4.69) is 120 Å². The highest BCUT2D eigenvalue weighted by atomic mass is 16.3. The smallest absolute Gasteiger partial charge is 0.164 e. The van der Waals surface area contributed by atoms with E-state index in [-0.39, 0.29) is 0 Å². The Morgan fingerprint density at radius 3 is 1.60 bits per heavy atom. The van der Waals surface area contributed by atoms with Gasteiger partial charge >= 0.3 is 0 Å². The molecule has 0 fully saturated rings. The second kappa shape index (κ2) is 12.3. The average molecular weight is 731 g/mol. The summed E-state index contributed by atoms with van der Waals surface area (Å²) < 4.78 is 15.7. The van der Waals surface area contributed by atoms with E-state index in [9.17, 15) is 0 Å². The summed E-state index contributed by atoms with van der Waals surface area (Å²) >= 11 is 0. The van der Waals surface area contributed by atoms with Crippen LogP contribution >= 0.6 is 0 Å². The predicted molar refractivity (Wildman–Crippen MR) is 230 cm³/mol. The molecule has 0 amide bonds. The molecule has 12 rings (SSSR count). The van der Waals surface area contributed by atoms with Crippen molar-refractivity contribution in [1.82, 2.24) is 19.5 Å². The SMILES string of the molecule is c1ccc(-c2nc(-c3ccccc3)nc(-c3ccc4c(c3)oc3c(-c5ccc6c(c5)oc5cccc(-n7c8ccccc8c8ccccc87)c56)cccc34)n2)cc1. The van der Waals surface area contributed by atoms with Gasteiger partial charge in [0.15, 0.2) is 17.5 Å². The summed E-state index contributed by atoms with van der Waals surface area (Å²) in [6, 6.07) is 62.6. The van der Waals surface area contributed by atoms with Crippen molar-refractivity contribution in [3.8, 4) is 51.0 Å². The van der Waals surface area contributed by atoms with E-state index >= 15 is 0 Å². The number of fused-ring (bicyclic) bond motifs is 9. The number of hydrogen-bond donors (Lipinski definition) is 0. The molecule has 0 saturated heterocycles. The van der Waals surface area contributed by atoms with Crippen molar-refractivity contribution >= 4 is 65.7 Å². The summed E-state index contributed by atoms with van der Waals surface area (Å²) in [7, 11) is 0. The minimum Gasteiger partial charge on any atom is -0.456 e. The maximum absolute atomic E-state index is 6.75. The number of hydrogen-bond acceptors (Lipinski definition) is 5. The molecule has 4 aromatic heterocycles. The molecule has 57 heavy (non-hydrogen) atoms. The van der Waals surface area contributed by atoms with Crippen LogP contribution < -0.4 is 0 Å². The predicted octanol–water partition coefficient (Wildman–Crippen LogP) is 13.4. The third-order valence-corrected chi connectivity index (χ3v) is 11.1. The van der Waals surface area contributed by atoms with Crippen LogP contribution in [0.3, 0.4) is 0 Å². The molecule has 0 aliphatic rings. The Labute approximate surface area is 325 Å². The van der Waals surface area contributed by atoms with Crippen molar-refractivity contribution in [3.63, 3.8) is 0 Å². The summed E-state index contributed by atoms with van der Waals surface area (Å²) in [5.41, 5.74) is 11.4. The number of aromatic nitrogens is 4. The van der Waals surface area contributed by atoms with Crippen LogP contribution in [0, 0.1) is 0 Å². The minimum absolute atomic E-state index is 0.584. The third kappa shape index (κ3) is 4.94. The zero-order valence-electron chi connectivity index (χ0n) is 30.4. The van der Waals surface area contributed by atoms with Crippen molar-refractivity contribution < 1.29 is 8.83 Å². The van der Waals surface area contributed by atoms with Gasteiger partial charge in [0.25, 0.3) is 0 Å². The summed E-state index contributed by atoms with van der Waals surface area (Å²) in [5.74, 6) is 1.82. The lowest BCUT2D eigenvalue weighted by atomic mass is 10.0. The molecule has 0 radical (unpaired) electrons. The zero-order chi connectivity index (χ0) is 37.5. The Balaban J connectivity index is 0.986. The normalized spacial score (nSPS) is 11.9. The molecule has 8 aromatic carbocycles. The Bertz CT molecular complexity index is 3410. The highest BCUT2D eigenvalue weighted by Crippen LogP contribution is 2.42. The first-order valence-electron chi connectivity index (χ1n) is 19.0. The number of rotatable bonds is 5. The van der Waals surface area contributed by atoms with Crippen LogP contribution in [0.4, 0.5) is 0 Å². The molecule has 6 heteroatoms. The van der Waals surface area contributed by atoms with Crippen LogP contribution in [0.2, 0.25) is 0 Å². The van der Waals surface area contributed by atoms with E-state index in [1.165, 1.54) is 21.8 Å². The lowest BCUT2D eigenvalue weighted by molar-refractivity contribution is 0.668. The highest BCUT2D eigenvalue weighted by molar-refractivity contribution is 6.15. The molecular formula is C51H30N4O2. The second-order valence-corrected chi connectivity index (χ2v) is 14.4. The topological polar surface area (TPSA) is 69.9 Å². The summed E-state index contributed by atoms with van der Waals surface area (Å²) in [6.07, 6.45) is 0. The van der Waals surface area contributed by atoms with Gasteiger partial charge in [-0.3, -0.25) is 0 Å². The van der Waals surface area contributed by atoms with E-state index in [0.717, 1.165) is 77.4 Å². The van der Waals surface area contributed by atoms with Crippen LogP contribution in [-0.2, 0) is 0 Å². The van der Waals surface area contributed by atoms with Crippen molar-refractivity contribution in [2.75, 3.05) is 0 Å². The Hall–Kier alpha value is -7.83. The molecule has 0 unspecified atom stereocenters. The molecule has 12 aromatic rings. The lowest BCUT2D eigenvalue weighted by Gasteiger charge is -2.09. The van der Waals surface area contributed by atoms with Crippen LogP contribution in [0.1, 0.15) is 0 Å².